The summed E-state index contributed by atoms with van der Waals surface area (Å²) < 4.78 is 11.5. The number of likely N-dealkylation sites (tertiary alicyclic amines) is 1. The second-order valence-corrected chi connectivity index (χ2v) is 6.72. The maximum Gasteiger partial charge on any atom is 0.238 e. The van der Waals surface area contributed by atoms with Crippen LogP contribution in [0.5, 0.6) is 0 Å². The number of hydrogen-bond acceptors (Lipinski definition) is 5. The van der Waals surface area contributed by atoms with Crippen LogP contribution in [0.3, 0.4) is 0 Å². The minimum atomic E-state index is -0.255. The molecule has 1 aromatic rings. The number of rotatable bonds is 5. The minimum Gasteiger partial charge on any atom is -0.377 e. The third-order valence-corrected chi connectivity index (χ3v) is 4.78. The number of benzene rings is 1. The molecule has 2 fully saturated rings. The monoisotopic (exact) mass is 347 g/mol. The predicted molar refractivity (Wildman–Crippen MR) is 94.5 cm³/mol. The van der Waals surface area contributed by atoms with Gasteiger partial charge in [0.2, 0.25) is 11.8 Å². The van der Waals surface area contributed by atoms with Crippen molar-refractivity contribution in [2.45, 2.75) is 31.5 Å². The summed E-state index contributed by atoms with van der Waals surface area (Å²) in [6.07, 6.45) is 2.04. The predicted octanol–water partition coefficient (Wildman–Crippen LogP) is 1.46. The van der Waals surface area contributed by atoms with Gasteiger partial charge in [0.05, 0.1) is 12.6 Å². The van der Waals surface area contributed by atoms with Crippen molar-refractivity contribution in [3.05, 3.63) is 24.3 Å². The molecule has 1 spiro atoms. The lowest BCUT2D eigenvalue weighted by molar-refractivity contribution is -0.117. The Morgan fingerprint density at radius 1 is 1.28 bits per heavy atom. The number of amides is 2. The molecular weight excluding hydrogens is 322 g/mol. The van der Waals surface area contributed by atoms with Crippen molar-refractivity contribution in [2.75, 3.05) is 44.0 Å². The number of nitrogens with zero attached hydrogens (tertiary/aromatic N) is 1. The summed E-state index contributed by atoms with van der Waals surface area (Å²) in [6.45, 7) is 3.95. The maximum atomic E-state index is 12.3. The van der Waals surface area contributed by atoms with Gasteiger partial charge in [0.15, 0.2) is 0 Å². The molecule has 1 aromatic carbocycles. The van der Waals surface area contributed by atoms with Crippen LogP contribution in [-0.2, 0) is 19.1 Å². The van der Waals surface area contributed by atoms with E-state index in [1.807, 2.05) is 0 Å². The molecule has 2 saturated heterocycles. The fourth-order valence-electron chi connectivity index (χ4n) is 3.70. The van der Waals surface area contributed by atoms with Gasteiger partial charge >= 0.3 is 0 Å². The van der Waals surface area contributed by atoms with Gasteiger partial charge in [0, 0.05) is 45.1 Å². The normalized spacial score (nSPS) is 26.1. The molecule has 2 aliphatic rings. The average Bonchev–Trinajstić information content (AvgIpc) is 3.16. The number of methoxy groups -OCH3 is 1. The van der Waals surface area contributed by atoms with Gasteiger partial charge in [0.1, 0.15) is 5.60 Å². The SMILES string of the molecule is CO[C@@H]1CN(CC(=O)Nc2ccc(NC(C)=O)cc2)C[C@]12CCCO2. The van der Waals surface area contributed by atoms with E-state index in [0.717, 1.165) is 26.0 Å². The van der Waals surface area contributed by atoms with Crippen LogP contribution in [0.15, 0.2) is 24.3 Å². The van der Waals surface area contributed by atoms with Crippen LogP contribution < -0.4 is 10.6 Å². The molecule has 2 N–H and O–H groups in total. The highest BCUT2D eigenvalue weighted by Crippen LogP contribution is 2.36. The van der Waals surface area contributed by atoms with E-state index in [1.54, 1.807) is 31.4 Å². The molecule has 2 aliphatic heterocycles. The highest BCUT2D eigenvalue weighted by molar-refractivity contribution is 5.93. The molecule has 7 nitrogen and oxygen atoms in total. The molecule has 0 aromatic heterocycles. The zero-order chi connectivity index (χ0) is 17.9. The molecule has 136 valence electrons. The first-order valence-corrected chi connectivity index (χ1v) is 8.57. The average molecular weight is 347 g/mol. The summed E-state index contributed by atoms with van der Waals surface area (Å²) in [5.41, 5.74) is 1.15. The molecule has 0 bridgehead atoms. The van der Waals surface area contributed by atoms with Crippen LogP contribution in [0.2, 0.25) is 0 Å². The Hall–Kier alpha value is -1.96. The molecular formula is C18H25N3O4. The summed E-state index contributed by atoms with van der Waals surface area (Å²) in [7, 11) is 1.70. The fourth-order valence-corrected chi connectivity index (χ4v) is 3.70. The zero-order valence-corrected chi connectivity index (χ0v) is 14.7. The summed E-state index contributed by atoms with van der Waals surface area (Å²) in [4.78, 5) is 25.4. The molecule has 0 aliphatic carbocycles. The van der Waals surface area contributed by atoms with Gasteiger partial charge in [-0.15, -0.1) is 0 Å². The third kappa shape index (κ3) is 4.18. The van der Waals surface area contributed by atoms with Crippen molar-refractivity contribution in [1.82, 2.24) is 4.90 Å². The highest BCUT2D eigenvalue weighted by atomic mass is 16.6. The standard InChI is InChI=1S/C18H25N3O4/c1-13(22)19-14-4-6-15(7-5-14)20-17(23)11-21-10-16(24-2)18(12-21)8-3-9-25-18/h4-7,16H,3,8-12H2,1-2H3,(H,19,22)(H,20,23)/t16-,18-/m1/s1. The van der Waals surface area contributed by atoms with Crippen molar-refractivity contribution in [3.8, 4) is 0 Å². The Morgan fingerprint density at radius 2 is 1.96 bits per heavy atom. The smallest absolute Gasteiger partial charge is 0.238 e. The van der Waals surface area contributed by atoms with Gasteiger partial charge in [-0.3, -0.25) is 14.5 Å². The first-order chi connectivity index (χ1) is 12.0. The lowest BCUT2D eigenvalue weighted by Crippen LogP contribution is -2.42. The van der Waals surface area contributed by atoms with Crippen molar-refractivity contribution < 1.29 is 19.1 Å². The zero-order valence-electron chi connectivity index (χ0n) is 14.7. The molecule has 2 heterocycles. The molecule has 2 atom stereocenters. The van der Waals surface area contributed by atoms with E-state index in [-0.39, 0.29) is 23.5 Å². The Balaban J connectivity index is 1.53. The van der Waals surface area contributed by atoms with Gasteiger partial charge in [-0.2, -0.15) is 0 Å². The van der Waals surface area contributed by atoms with E-state index < -0.39 is 0 Å². The first kappa shape index (κ1) is 17.8. The van der Waals surface area contributed by atoms with Crippen LogP contribution in [0.1, 0.15) is 19.8 Å². The number of anilines is 2. The summed E-state index contributed by atoms with van der Waals surface area (Å²) in [5, 5.41) is 5.58. The first-order valence-electron chi connectivity index (χ1n) is 8.57. The molecule has 0 saturated carbocycles. The van der Waals surface area contributed by atoms with Crippen molar-refractivity contribution in [2.24, 2.45) is 0 Å². The summed E-state index contributed by atoms with van der Waals surface area (Å²) >= 11 is 0. The number of hydrogen-bond donors (Lipinski definition) is 2. The molecule has 0 radical (unpaired) electrons. The van der Waals surface area contributed by atoms with E-state index >= 15 is 0 Å². The lowest BCUT2D eigenvalue weighted by Gasteiger charge is -2.28. The van der Waals surface area contributed by atoms with Crippen LogP contribution in [-0.4, -0.2) is 61.8 Å². The Morgan fingerprint density at radius 3 is 2.52 bits per heavy atom. The van der Waals surface area contributed by atoms with E-state index in [9.17, 15) is 9.59 Å². The van der Waals surface area contributed by atoms with Gasteiger partial charge in [-0.1, -0.05) is 0 Å². The number of carbonyl (C=O) groups excluding carboxylic acids is 2. The fraction of sp³-hybridized carbons (Fsp3) is 0.556. The molecule has 0 unspecified atom stereocenters. The van der Waals surface area contributed by atoms with Crippen LogP contribution in [0.25, 0.3) is 0 Å². The summed E-state index contributed by atoms with van der Waals surface area (Å²) in [5.74, 6) is -0.196. The maximum absolute atomic E-state index is 12.3. The number of carbonyl (C=O) groups is 2. The third-order valence-electron chi connectivity index (χ3n) is 4.78. The summed E-state index contributed by atoms with van der Waals surface area (Å²) in [6, 6.07) is 7.06. The Labute approximate surface area is 147 Å². The number of nitrogens with one attached hydrogen (secondary N) is 2. The molecule has 25 heavy (non-hydrogen) atoms. The van der Waals surface area contributed by atoms with Gasteiger partial charge in [-0.05, 0) is 37.1 Å². The van der Waals surface area contributed by atoms with E-state index in [4.69, 9.17) is 9.47 Å². The largest absolute Gasteiger partial charge is 0.377 e. The number of ether oxygens (including phenoxy) is 2. The van der Waals surface area contributed by atoms with Crippen LogP contribution >= 0.6 is 0 Å². The van der Waals surface area contributed by atoms with Gasteiger partial charge in [0.25, 0.3) is 0 Å². The highest BCUT2D eigenvalue weighted by Gasteiger charge is 2.50. The van der Waals surface area contributed by atoms with Crippen molar-refractivity contribution in [1.29, 1.82) is 0 Å². The lowest BCUT2D eigenvalue weighted by atomic mass is 9.97. The Bertz CT molecular complexity index is 626. The minimum absolute atomic E-state index is 0.0136. The quantitative estimate of drug-likeness (QED) is 0.843. The Kier molecular flexibility index (Phi) is 5.36. The van der Waals surface area contributed by atoms with E-state index in [0.29, 0.717) is 24.5 Å². The van der Waals surface area contributed by atoms with Crippen LogP contribution in [0, 0.1) is 0 Å². The molecule has 7 heteroatoms. The van der Waals surface area contributed by atoms with Crippen LogP contribution in [0.4, 0.5) is 11.4 Å². The second-order valence-electron chi connectivity index (χ2n) is 6.72. The topological polar surface area (TPSA) is 79.9 Å². The second kappa shape index (κ2) is 7.51. The van der Waals surface area contributed by atoms with E-state index in [1.165, 1.54) is 6.92 Å². The van der Waals surface area contributed by atoms with Gasteiger partial charge in [-0.25, -0.2) is 0 Å². The van der Waals surface area contributed by atoms with E-state index in [2.05, 4.69) is 15.5 Å². The molecule has 3 rings (SSSR count). The van der Waals surface area contributed by atoms with Crippen molar-refractivity contribution >= 4 is 23.2 Å². The van der Waals surface area contributed by atoms with Crippen molar-refractivity contribution in [3.63, 3.8) is 0 Å². The van der Waals surface area contributed by atoms with Gasteiger partial charge < -0.3 is 20.1 Å². The molecule has 2 amide bonds.